The highest BCUT2D eigenvalue weighted by Gasteiger charge is 2.15. The van der Waals surface area contributed by atoms with Crippen molar-refractivity contribution < 1.29 is 9.53 Å². The fourth-order valence-corrected chi connectivity index (χ4v) is 1.77. The first-order valence-electron chi connectivity index (χ1n) is 6.83. The van der Waals surface area contributed by atoms with Crippen LogP contribution in [-0.2, 0) is 9.53 Å². The Balaban J connectivity index is 2.24. The first kappa shape index (κ1) is 14.8. The second-order valence-corrected chi connectivity index (χ2v) is 4.52. The van der Waals surface area contributed by atoms with Gasteiger partial charge in [-0.3, -0.25) is 5.43 Å². The molecule has 2 aromatic rings. The summed E-state index contributed by atoms with van der Waals surface area (Å²) in [6.45, 7) is 4.10. The van der Waals surface area contributed by atoms with Gasteiger partial charge in [-0.05, 0) is 26.0 Å². The first-order valence-corrected chi connectivity index (χ1v) is 6.83. The van der Waals surface area contributed by atoms with Crippen LogP contribution < -0.4 is 5.43 Å². The summed E-state index contributed by atoms with van der Waals surface area (Å²) >= 11 is 0. The third-order valence-electron chi connectivity index (χ3n) is 2.86. The fourth-order valence-electron chi connectivity index (χ4n) is 1.77. The van der Waals surface area contributed by atoms with Crippen molar-refractivity contribution in [2.45, 2.75) is 13.8 Å². The second-order valence-electron chi connectivity index (χ2n) is 4.52. The number of esters is 1. The highest BCUT2D eigenvalue weighted by Crippen LogP contribution is 2.10. The third kappa shape index (κ3) is 4.18. The Labute approximate surface area is 124 Å². The smallest absolute Gasteiger partial charge is 0.359 e. The van der Waals surface area contributed by atoms with Crippen LogP contribution in [0.1, 0.15) is 18.1 Å². The van der Waals surface area contributed by atoms with Gasteiger partial charge in [-0.25, -0.2) is 4.79 Å². The highest BCUT2D eigenvalue weighted by molar-refractivity contribution is 6.43. The zero-order valence-electron chi connectivity index (χ0n) is 12.2. The van der Waals surface area contributed by atoms with E-state index in [0.29, 0.717) is 6.61 Å². The van der Waals surface area contributed by atoms with E-state index in [1.807, 2.05) is 61.5 Å². The average molecular weight is 282 g/mol. The predicted molar refractivity (Wildman–Crippen MR) is 84.4 cm³/mol. The van der Waals surface area contributed by atoms with Gasteiger partial charge in [0.05, 0.1) is 12.3 Å². The van der Waals surface area contributed by atoms with Crippen LogP contribution in [0.2, 0.25) is 0 Å². The number of hydrazone groups is 1. The van der Waals surface area contributed by atoms with Gasteiger partial charge in [0.15, 0.2) is 5.71 Å². The average Bonchev–Trinajstić information content (AvgIpc) is 2.51. The Hall–Kier alpha value is -2.62. The maximum atomic E-state index is 12.0. The predicted octanol–water partition coefficient (Wildman–Crippen LogP) is 3.37. The molecule has 0 fully saturated rings. The zero-order valence-corrected chi connectivity index (χ0v) is 12.2. The van der Waals surface area contributed by atoms with E-state index in [-0.39, 0.29) is 5.71 Å². The van der Waals surface area contributed by atoms with Crippen molar-refractivity contribution in [2.75, 3.05) is 12.0 Å². The van der Waals surface area contributed by atoms with E-state index in [9.17, 15) is 4.79 Å². The number of nitrogens with one attached hydrogen (secondary N) is 1. The van der Waals surface area contributed by atoms with Crippen molar-refractivity contribution in [3.63, 3.8) is 0 Å². The summed E-state index contributed by atoms with van der Waals surface area (Å²) in [5.41, 5.74) is 5.86. The molecule has 0 aliphatic carbocycles. The summed E-state index contributed by atoms with van der Waals surface area (Å²) in [5, 5.41) is 4.20. The topological polar surface area (TPSA) is 50.7 Å². The zero-order chi connectivity index (χ0) is 15.1. The maximum absolute atomic E-state index is 12.0. The number of aryl methyl sites for hydroxylation is 1. The van der Waals surface area contributed by atoms with Crippen LogP contribution in [0, 0.1) is 6.92 Å². The van der Waals surface area contributed by atoms with Gasteiger partial charge in [-0.1, -0.05) is 48.0 Å². The number of carbonyl (C=O) groups is 1. The lowest BCUT2D eigenvalue weighted by atomic mass is 10.1. The number of hydrogen-bond donors (Lipinski definition) is 1. The minimum Gasteiger partial charge on any atom is -0.461 e. The van der Waals surface area contributed by atoms with Crippen LogP contribution in [-0.4, -0.2) is 18.3 Å². The van der Waals surface area contributed by atoms with E-state index in [0.717, 1.165) is 11.3 Å². The number of hydrogen-bond acceptors (Lipinski definition) is 4. The lowest BCUT2D eigenvalue weighted by molar-refractivity contribution is -0.134. The molecule has 0 aromatic heterocycles. The molecule has 0 unspecified atom stereocenters. The summed E-state index contributed by atoms with van der Waals surface area (Å²) in [4.78, 5) is 12.0. The van der Waals surface area contributed by atoms with Crippen molar-refractivity contribution in [1.29, 1.82) is 0 Å². The first-order chi connectivity index (χ1) is 10.2. The quantitative estimate of drug-likeness (QED) is 0.519. The Morgan fingerprint density at radius 1 is 1.10 bits per heavy atom. The number of anilines is 1. The molecule has 0 amide bonds. The van der Waals surface area contributed by atoms with Gasteiger partial charge in [-0.15, -0.1) is 0 Å². The van der Waals surface area contributed by atoms with E-state index in [2.05, 4.69) is 10.5 Å². The molecule has 2 rings (SSSR count). The molecule has 0 saturated carbocycles. The molecule has 0 bridgehead atoms. The van der Waals surface area contributed by atoms with Gasteiger partial charge in [0.25, 0.3) is 0 Å². The lowest BCUT2D eigenvalue weighted by Gasteiger charge is -2.07. The van der Waals surface area contributed by atoms with E-state index < -0.39 is 5.97 Å². The number of rotatable bonds is 5. The van der Waals surface area contributed by atoms with Crippen LogP contribution in [0.25, 0.3) is 0 Å². The molecule has 2 aromatic carbocycles. The number of ether oxygens (including phenoxy) is 1. The Bertz CT molecular complexity index is 619. The Morgan fingerprint density at radius 3 is 2.38 bits per heavy atom. The molecule has 1 N–H and O–H groups in total. The molecule has 21 heavy (non-hydrogen) atoms. The van der Waals surface area contributed by atoms with Crippen LogP contribution >= 0.6 is 0 Å². The second kappa shape index (κ2) is 7.24. The van der Waals surface area contributed by atoms with Gasteiger partial charge >= 0.3 is 5.97 Å². The SMILES string of the molecule is CCOC(=O)/C(=N/Nc1ccc(C)cc1)c1ccccc1. The van der Waals surface area contributed by atoms with E-state index in [4.69, 9.17) is 4.74 Å². The van der Waals surface area contributed by atoms with E-state index >= 15 is 0 Å². The normalized spacial score (nSPS) is 11.0. The molecule has 108 valence electrons. The van der Waals surface area contributed by atoms with Gasteiger partial charge in [0.2, 0.25) is 0 Å². The maximum Gasteiger partial charge on any atom is 0.359 e. The summed E-state index contributed by atoms with van der Waals surface area (Å²) < 4.78 is 5.06. The van der Waals surface area contributed by atoms with Crippen molar-refractivity contribution >= 4 is 17.4 Å². The molecule has 0 spiro atoms. The molecule has 0 aliphatic heterocycles. The van der Waals surface area contributed by atoms with E-state index in [1.165, 1.54) is 5.56 Å². The van der Waals surface area contributed by atoms with Crippen molar-refractivity contribution in [3.05, 3.63) is 65.7 Å². The summed E-state index contributed by atoms with van der Waals surface area (Å²) in [6, 6.07) is 17.0. The minimum absolute atomic E-state index is 0.262. The molecule has 0 radical (unpaired) electrons. The lowest BCUT2D eigenvalue weighted by Crippen LogP contribution is -2.20. The number of carbonyl (C=O) groups excluding carboxylic acids is 1. The number of nitrogens with zero attached hydrogens (tertiary/aromatic N) is 1. The standard InChI is InChI=1S/C17H18N2O2/c1-3-21-17(20)16(14-7-5-4-6-8-14)19-18-15-11-9-13(2)10-12-15/h4-12,18H,3H2,1-2H3/b19-16+. The molecule has 0 aliphatic rings. The fraction of sp³-hybridized carbons (Fsp3) is 0.176. The van der Waals surface area contributed by atoms with E-state index in [1.54, 1.807) is 6.92 Å². The highest BCUT2D eigenvalue weighted by atomic mass is 16.5. The summed E-state index contributed by atoms with van der Waals surface area (Å²) in [6.07, 6.45) is 0. The molecular weight excluding hydrogens is 264 g/mol. The van der Waals surface area contributed by atoms with Gasteiger partial charge in [0.1, 0.15) is 0 Å². The van der Waals surface area contributed by atoms with Crippen LogP contribution in [0.5, 0.6) is 0 Å². The minimum atomic E-state index is -0.441. The Morgan fingerprint density at radius 2 is 1.76 bits per heavy atom. The summed E-state index contributed by atoms with van der Waals surface area (Å²) in [7, 11) is 0. The van der Waals surface area contributed by atoms with Crippen LogP contribution in [0.15, 0.2) is 59.7 Å². The molecule has 0 heterocycles. The summed E-state index contributed by atoms with van der Waals surface area (Å²) in [5.74, 6) is -0.441. The molecule has 0 atom stereocenters. The van der Waals surface area contributed by atoms with Crippen LogP contribution in [0.3, 0.4) is 0 Å². The molecule has 0 saturated heterocycles. The van der Waals surface area contributed by atoms with Gasteiger partial charge in [0, 0.05) is 5.56 Å². The monoisotopic (exact) mass is 282 g/mol. The van der Waals surface area contributed by atoms with Crippen molar-refractivity contribution in [3.8, 4) is 0 Å². The van der Waals surface area contributed by atoms with Crippen molar-refractivity contribution in [2.24, 2.45) is 5.10 Å². The Kier molecular flexibility index (Phi) is 5.10. The third-order valence-corrected chi connectivity index (χ3v) is 2.86. The molecule has 4 heteroatoms. The molecule has 4 nitrogen and oxygen atoms in total. The van der Waals surface area contributed by atoms with Gasteiger partial charge in [-0.2, -0.15) is 5.10 Å². The van der Waals surface area contributed by atoms with Gasteiger partial charge < -0.3 is 4.74 Å². The largest absolute Gasteiger partial charge is 0.461 e. The van der Waals surface area contributed by atoms with Crippen molar-refractivity contribution in [1.82, 2.24) is 0 Å². The van der Waals surface area contributed by atoms with Crippen LogP contribution in [0.4, 0.5) is 5.69 Å². The molecular formula is C17H18N2O2. The number of benzene rings is 2.